The molecule has 0 bridgehead atoms. The van der Waals surface area contributed by atoms with Crippen molar-refractivity contribution in [2.45, 2.75) is 26.4 Å². The van der Waals surface area contributed by atoms with E-state index in [1.165, 1.54) is 18.2 Å². The number of carbonyl (C=O) groups excluding carboxylic acids is 2. The van der Waals surface area contributed by atoms with E-state index in [1.54, 1.807) is 19.1 Å². The average molecular weight is 357 g/mol. The van der Waals surface area contributed by atoms with Gasteiger partial charge in [-0.2, -0.15) is 0 Å². The third-order valence-electron chi connectivity index (χ3n) is 3.58. The Kier molecular flexibility index (Phi) is 6.26. The van der Waals surface area contributed by atoms with Crippen molar-refractivity contribution in [3.8, 4) is 5.75 Å². The number of rotatable bonds is 6. The lowest BCUT2D eigenvalue weighted by Gasteiger charge is -2.17. The fourth-order valence-corrected chi connectivity index (χ4v) is 2.14. The number of hydrogen-bond donors (Lipinski definition) is 2. The minimum absolute atomic E-state index is 0.0620. The summed E-state index contributed by atoms with van der Waals surface area (Å²) in [6.07, 6.45) is -0.394. The van der Waals surface area contributed by atoms with Gasteiger partial charge in [0.1, 0.15) is 5.75 Å². The highest BCUT2D eigenvalue weighted by atomic mass is 16.6. The molecule has 0 unspecified atom stereocenters. The van der Waals surface area contributed by atoms with Crippen LogP contribution >= 0.6 is 0 Å². The van der Waals surface area contributed by atoms with Crippen LogP contribution in [0.15, 0.2) is 48.5 Å². The predicted octanol–water partition coefficient (Wildman–Crippen LogP) is 2.52. The maximum absolute atomic E-state index is 12.2. The number of ether oxygens (including phenoxy) is 1. The SMILES string of the molecule is CC[C@@H](Oc1ccc(C)cc1)C(=O)NNC(=O)c1cccc([N+](=O)[O-])c1. The first-order valence-electron chi connectivity index (χ1n) is 7.98. The number of nitrogens with zero attached hydrogens (tertiary/aromatic N) is 1. The monoisotopic (exact) mass is 357 g/mol. The quantitative estimate of drug-likeness (QED) is 0.610. The van der Waals surface area contributed by atoms with E-state index >= 15 is 0 Å². The Hall–Kier alpha value is -3.42. The first-order valence-corrected chi connectivity index (χ1v) is 7.98. The number of nitrogens with one attached hydrogen (secondary N) is 2. The summed E-state index contributed by atoms with van der Waals surface area (Å²) in [7, 11) is 0. The number of aryl methyl sites for hydroxylation is 1. The van der Waals surface area contributed by atoms with E-state index in [-0.39, 0.29) is 11.3 Å². The summed E-state index contributed by atoms with van der Waals surface area (Å²) >= 11 is 0. The number of carbonyl (C=O) groups is 2. The molecule has 0 saturated heterocycles. The van der Waals surface area contributed by atoms with Gasteiger partial charge in [-0.15, -0.1) is 0 Å². The van der Waals surface area contributed by atoms with Crippen LogP contribution in [0.2, 0.25) is 0 Å². The molecule has 2 amide bonds. The van der Waals surface area contributed by atoms with Crippen molar-refractivity contribution in [1.82, 2.24) is 10.9 Å². The number of non-ortho nitro benzene ring substituents is 1. The van der Waals surface area contributed by atoms with Crippen LogP contribution in [0.4, 0.5) is 5.69 Å². The third kappa shape index (κ3) is 5.04. The van der Waals surface area contributed by atoms with Crippen LogP contribution in [-0.4, -0.2) is 22.8 Å². The number of hydrogen-bond acceptors (Lipinski definition) is 5. The van der Waals surface area contributed by atoms with Crippen LogP contribution in [0, 0.1) is 17.0 Å². The summed E-state index contributed by atoms with van der Waals surface area (Å²) < 4.78 is 5.62. The van der Waals surface area contributed by atoms with Crippen LogP contribution in [0.3, 0.4) is 0 Å². The Labute approximate surface area is 150 Å². The smallest absolute Gasteiger partial charge is 0.279 e. The fourth-order valence-electron chi connectivity index (χ4n) is 2.14. The van der Waals surface area contributed by atoms with E-state index < -0.39 is 22.8 Å². The number of hydrazine groups is 1. The normalized spacial score (nSPS) is 11.3. The molecule has 0 aromatic heterocycles. The van der Waals surface area contributed by atoms with E-state index in [2.05, 4.69) is 10.9 Å². The molecule has 2 aromatic rings. The molecular formula is C18H19N3O5. The zero-order valence-corrected chi connectivity index (χ0v) is 14.4. The molecule has 0 spiro atoms. The highest BCUT2D eigenvalue weighted by Gasteiger charge is 2.19. The van der Waals surface area contributed by atoms with Crippen molar-refractivity contribution in [2.75, 3.05) is 0 Å². The zero-order chi connectivity index (χ0) is 19.1. The van der Waals surface area contributed by atoms with Crippen LogP contribution in [-0.2, 0) is 4.79 Å². The number of benzene rings is 2. The summed E-state index contributed by atoms with van der Waals surface area (Å²) in [5.74, 6) is -0.637. The van der Waals surface area contributed by atoms with Crippen molar-refractivity contribution < 1.29 is 19.2 Å². The standard InChI is InChI=1S/C18H19N3O5/c1-3-16(26-15-9-7-12(2)8-10-15)18(23)20-19-17(22)13-5-4-6-14(11-13)21(24)25/h4-11,16H,3H2,1-2H3,(H,19,22)(H,20,23)/t16-/m1/s1. The van der Waals surface area contributed by atoms with Gasteiger partial charge in [0.25, 0.3) is 17.5 Å². The lowest BCUT2D eigenvalue weighted by atomic mass is 10.2. The Bertz CT molecular complexity index is 805. The maximum atomic E-state index is 12.2. The molecule has 8 nitrogen and oxygen atoms in total. The van der Waals surface area contributed by atoms with E-state index in [4.69, 9.17) is 4.74 Å². The van der Waals surface area contributed by atoms with Crippen molar-refractivity contribution in [3.63, 3.8) is 0 Å². The molecular weight excluding hydrogens is 338 g/mol. The zero-order valence-electron chi connectivity index (χ0n) is 14.4. The van der Waals surface area contributed by atoms with Crippen molar-refractivity contribution in [3.05, 3.63) is 69.8 Å². The first kappa shape index (κ1) is 18.9. The molecule has 8 heteroatoms. The minimum atomic E-state index is -0.789. The van der Waals surface area contributed by atoms with Gasteiger partial charge < -0.3 is 4.74 Å². The molecule has 0 aliphatic carbocycles. The lowest BCUT2D eigenvalue weighted by molar-refractivity contribution is -0.384. The van der Waals surface area contributed by atoms with Gasteiger partial charge in [-0.3, -0.25) is 30.6 Å². The molecule has 0 aliphatic heterocycles. The summed E-state index contributed by atoms with van der Waals surface area (Å²) in [4.78, 5) is 34.4. The Morgan fingerprint density at radius 3 is 2.46 bits per heavy atom. The maximum Gasteiger partial charge on any atom is 0.279 e. The molecule has 2 rings (SSSR count). The summed E-state index contributed by atoms with van der Waals surface area (Å²) in [6.45, 7) is 3.72. The summed E-state index contributed by atoms with van der Waals surface area (Å²) in [5, 5.41) is 10.8. The van der Waals surface area contributed by atoms with Gasteiger partial charge in [-0.1, -0.05) is 30.7 Å². The predicted molar refractivity (Wildman–Crippen MR) is 94.6 cm³/mol. The second kappa shape index (κ2) is 8.61. The van der Waals surface area contributed by atoms with E-state index in [0.717, 1.165) is 11.6 Å². The van der Waals surface area contributed by atoms with Gasteiger partial charge in [0.05, 0.1) is 4.92 Å². The van der Waals surface area contributed by atoms with Crippen molar-refractivity contribution in [2.24, 2.45) is 0 Å². The molecule has 26 heavy (non-hydrogen) atoms. The van der Waals surface area contributed by atoms with Gasteiger partial charge in [-0.05, 0) is 31.5 Å². The third-order valence-corrected chi connectivity index (χ3v) is 3.58. The number of amides is 2. The molecule has 0 radical (unpaired) electrons. The molecule has 0 heterocycles. The van der Waals surface area contributed by atoms with Crippen molar-refractivity contribution >= 4 is 17.5 Å². The van der Waals surface area contributed by atoms with Gasteiger partial charge >= 0.3 is 0 Å². The molecule has 0 fully saturated rings. The second-order valence-electron chi connectivity index (χ2n) is 5.58. The van der Waals surface area contributed by atoms with Crippen molar-refractivity contribution in [1.29, 1.82) is 0 Å². The van der Waals surface area contributed by atoms with Crippen LogP contribution < -0.4 is 15.6 Å². The van der Waals surface area contributed by atoms with Gasteiger partial charge in [0.15, 0.2) is 6.10 Å². The summed E-state index contributed by atoms with van der Waals surface area (Å²) in [6, 6.07) is 12.5. The van der Waals surface area contributed by atoms with Crippen LogP contribution in [0.1, 0.15) is 29.3 Å². The molecule has 2 N–H and O–H groups in total. The molecule has 0 saturated carbocycles. The van der Waals surface area contributed by atoms with Gasteiger partial charge in [-0.25, -0.2) is 0 Å². The number of nitro groups is 1. The Morgan fingerprint density at radius 1 is 1.15 bits per heavy atom. The minimum Gasteiger partial charge on any atom is -0.481 e. The topological polar surface area (TPSA) is 111 Å². The lowest BCUT2D eigenvalue weighted by Crippen LogP contribution is -2.47. The molecule has 0 aliphatic rings. The van der Waals surface area contributed by atoms with Gasteiger partial charge in [0.2, 0.25) is 0 Å². The Morgan fingerprint density at radius 2 is 1.85 bits per heavy atom. The van der Waals surface area contributed by atoms with E-state index in [1.807, 2.05) is 19.1 Å². The highest BCUT2D eigenvalue weighted by molar-refractivity contribution is 5.96. The number of nitro benzene ring substituents is 1. The van der Waals surface area contributed by atoms with E-state index in [9.17, 15) is 19.7 Å². The van der Waals surface area contributed by atoms with Gasteiger partial charge in [0, 0.05) is 17.7 Å². The highest BCUT2D eigenvalue weighted by Crippen LogP contribution is 2.15. The molecule has 136 valence electrons. The largest absolute Gasteiger partial charge is 0.481 e. The molecule has 2 aromatic carbocycles. The first-order chi connectivity index (χ1) is 12.4. The Balaban J connectivity index is 1.95. The fraction of sp³-hybridized carbons (Fsp3) is 0.222. The molecule has 1 atom stereocenters. The second-order valence-corrected chi connectivity index (χ2v) is 5.58. The van der Waals surface area contributed by atoms with E-state index in [0.29, 0.717) is 12.2 Å². The summed E-state index contributed by atoms with van der Waals surface area (Å²) in [5.41, 5.74) is 5.43. The average Bonchev–Trinajstić information content (AvgIpc) is 2.65. The van der Waals surface area contributed by atoms with Crippen LogP contribution in [0.25, 0.3) is 0 Å². The van der Waals surface area contributed by atoms with Crippen LogP contribution in [0.5, 0.6) is 5.75 Å².